The molecule has 0 aliphatic carbocycles. The molecule has 6 heteroatoms. The number of aliphatic carboxylic acids is 1. The standard InChI is InChI=1S/C17H24O5S/c1-12(2)11-15(18)16(5-4-6-17(19)20)23(21,22)14-9-7-13(3)8-10-14/h5,7-10,12,15,18H,4,6,11H2,1-3H3,(H,19,20)/b16-5+. The topological polar surface area (TPSA) is 91.7 Å². The van der Waals surface area contributed by atoms with Crippen LogP contribution in [0.4, 0.5) is 0 Å². The summed E-state index contributed by atoms with van der Waals surface area (Å²) in [7, 11) is -3.84. The lowest BCUT2D eigenvalue weighted by Crippen LogP contribution is -2.21. The fraction of sp³-hybridized carbons (Fsp3) is 0.471. The van der Waals surface area contributed by atoms with Crippen LogP contribution < -0.4 is 0 Å². The summed E-state index contributed by atoms with van der Waals surface area (Å²) >= 11 is 0. The number of rotatable bonds is 8. The molecule has 0 saturated carbocycles. The Kier molecular flexibility index (Phi) is 6.97. The van der Waals surface area contributed by atoms with E-state index >= 15 is 0 Å². The first-order valence-electron chi connectivity index (χ1n) is 7.56. The molecule has 0 aromatic heterocycles. The predicted octanol–water partition coefficient (Wildman–Crippen LogP) is 2.92. The Labute approximate surface area is 137 Å². The lowest BCUT2D eigenvalue weighted by Gasteiger charge is -2.18. The van der Waals surface area contributed by atoms with Crippen LogP contribution in [0.15, 0.2) is 40.1 Å². The van der Waals surface area contributed by atoms with Crippen LogP contribution in [0.2, 0.25) is 0 Å². The van der Waals surface area contributed by atoms with E-state index < -0.39 is 21.9 Å². The van der Waals surface area contributed by atoms with Crippen molar-refractivity contribution in [3.8, 4) is 0 Å². The molecule has 0 fully saturated rings. The van der Waals surface area contributed by atoms with E-state index in [-0.39, 0.29) is 28.6 Å². The molecule has 5 nitrogen and oxygen atoms in total. The van der Waals surface area contributed by atoms with E-state index in [0.717, 1.165) is 5.56 Å². The Hall–Kier alpha value is -1.66. The summed E-state index contributed by atoms with van der Waals surface area (Å²) in [6.45, 7) is 5.63. The van der Waals surface area contributed by atoms with E-state index in [9.17, 15) is 18.3 Å². The zero-order chi connectivity index (χ0) is 17.6. The molecule has 1 unspecified atom stereocenters. The molecular formula is C17H24O5S. The third-order valence-corrected chi connectivity index (χ3v) is 5.32. The van der Waals surface area contributed by atoms with Gasteiger partial charge in [-0.1, -0.05) is 37.6 Å². The fourth-order valence-electron chi connectivity index (χ4n) is 2.18. The number of aliphatic hydroxyl groups is 1. The summed E-state index contributed by atoms with van der Waals surface area (Å²) in [4.78, 5) is 10.6. The zero-order valence-corrected chi connectivity index (χ0v) is 14.5. The van der Waals surface area contributed by atoms with E-state index in [0.29, 0.717) is 6.42 Å². The summed E-state index contributed by atoms with van der Waals surface area (Å²) in [5, 5.41) is 19.0. The van der Waals surface area contributed by atoms with E-state index in [1.54, 1.807) is 12.1 Å². The number of aliphatic hydroxyl groups excluding tert-OH is 1. The molecule has 23 heavy (non-hydrogen) atoms. The first-order chi connectivity index (χ1) is 10.6. The first-order valence-corrected chi connectivity index (χ1v) is 9.04. The van der Waals surface area contributed by atoms with Gasteiger partial charge in [0.25, 0.3) is 0 Å². The number of carboxylic acid groups (broad SMARTS) is 1. The summed E-state index contributed by atoms with van der Waals surface area (Å²) in [5.41, 5.74) is 0.933. The molecule has 0 amide bonds. The minimum atomic E-state index is -3.84. The minimum Gasteiger partial charge on any atom is -0.481 e. The van der Waals surface area contributed by atoms with Crippen LogP contribution >= 0.6 is 0 Å². The van der Waals surface area contributed by atoms with Crippen molar-refractivity contribution >= 4 is 15.8 Å². The molecule has 1 atom stereocenters. The van der Waals surface area contributed by atoms with Crippen molar-refractivity contribution in [2.45, 2.75) is 51.0 Å². The molecule has 0 spiro atoms. The number of benzene rings is 1. The summed E-state index contributed by atoms with van der Waals surface area (Å²) < 4.78 is 25.5. The maximum absolute atomic E-state index is 12.8. The zero-order valence-electron chi connectivity index (χ0n) is 13.7. The van der Waals surface area contributed by atoms with Gasteiger partial charge in [0.05, 0.1) is 15.9 Å². The van der Waals surface area contributed by atoms with Crippen molar-refractivity contribution < 1.29 is 23.4 Å². The Morgan fingerprint density at radius 2 is 1.78 bits per heavy atom. The number of hydrogen-bond acceptors (Lipinski definition) is 4. The van der Waals surface area contributed by atoms with Gasteiger partial charge in [0.1, 0.15) is 0 Å². The van der Waals surface area contributed by atoms with Gasteiger partial charge in [-0.25, -0.2) is 8.42 Å². The van der Waals surface area contributed by atoms with Crippen molar-refractivity contribution in [1.82, 2.24) is 0 Å². The molecule has 0 aliphatic heterocycles. The van der Waals surface area contributed by atoms with Gasteiger partial charge in [-0.05, 0) is 37.8 Å². The Morgan fingerprint density at radius 1 is 1.22 bits per heavy atom. The molecule has 1 aromatic rings. The minimum absolute atomic E-state index is 0.0604. The van der Waals surface area contributed by atoms with Crippen molar-refractivity contribution in [1.29, 1.82) is 0 Å². The SMILES string of the molecule is Cc1ccc(S(=O)(=O)/C(=C/CCC(=O)O)C(O)CC(C)C)cc1. The van der Waals surface area contributed by atoms with Crippen LogP contribution in [-0.4, -0.2) is 30.7 Å². The smallest absolute Gasteiger partial charge is 0.303 e. The third-order valence-electron chi connectivity index (χ3n) is 3.37. The highest BCUT2D eigenvalue weighted by Crippen LogP contribution is 2.26. The average Bonchev–Trinajstić information content (AvgIpc) is 2.42. The Balaban J connectivity index is 3.20. The van der Waals surface area contributed by atoms with Gasteiger partial charge in [-0.2, -0.15) is 0 Å². The van der Waals surface area contributed by atoms with E-state index in [1.807, 2.05) is 20.8 Å². The molecule has 0 saturated heterocycles. The van der Waals surface area contributed by atoms with E-state index in [4.69, 9.17) is 5.11 Å². The molecule has 0 heterocycles. The number of allylic oxidation sites excluding steroid dienone is 1. The molecule has 1 aromatic carbocycles. The normalized spacial score (nSPS) is 14.0. The van der Waals surface area contributed by atoms with Crippen molar-refractivity contribution in [2.75, 3.05) is 0 Å². The van der Waals surface area contributed by atoms with Gasteiger partial charge in [-0.15, -0.1) is 0 Å². The second-order valence-corrected chi connectivity index (χ2v) is 7.95. The number of aryl methyl sites for hydroxylation is 1. The number of carboxylic acids is 1. The van der Waals surface area contributed by atoms with Gasteiger partial charge in [0.2, 0.25) is 9.84 Å². The molecular weight excluding hydrogens is 316 g/mol. The second-order valence-electron chi connectivity index (χ2n) is 6.00. The van der Waals surface area contributed by atoms with Crippen molar-refractivity contribution in [3.63, 3.8) is 0 Å². The monoisotopic (exact) mass is 340 g/mol. The van der Waals surface area contributed by atoms with Crippen LogP contribution in [0.5, 0.6) is 0 Å². The largest absolute Gasteiger partial charge is 0.481 e. The van der Waals surface area contributed by atoms with Crippen LogP contribution in [0.25, 0.3) is 0 Å². The predicted molar refractivity (Wildman–Crippen MR) is 88.8 cm³/mol. The Morgan fingerprint density at radius 3 is 2.26 bits per heavy atom. The number of hydrogen-bond donors (Lipinski definition) is 2. The summed E-state index contributed by atoms with van der Waals surface area (Å²) in [6.07, 6.45) is 0.363. The van der Waals surface area contributed by atoms with Crippen LogP contribution in [-0.2, 0) is 14.6 Å². The van der Waals surface area contributed by atoms with Crippen LogP contribution in [0.1, 0.15) is 38.7 Å². The van der Waals surface area contributed by atoms with Gasteiger partial charge >= 0.3 is 5.97 Å². The van der Waals surface area contributed by atoms with Gasteiger partial charge in [0, 0.05) is 6.42 Å². The van der Waals surface area contributed by atoms with Crippen LogP contribution in [0, 0.1) is 12.8 Å². The quantitative estimate of drug-likeness (QED) is 0.759. The second kappa shape index (κ2) is 8.26. The van der Waals surface area contributed by atoms with E-state index in [1.165, 1.54) is 18.2 Å². The molecule has 128 valence electrons. The van der Waals surface area contributed by atoms with Crippen molar-refractivity contribution in [3.05, 3.63) is 40.8 Å². The molecule has 0 bridgehead atoms. The van der Waals surface area contributed by atoms with E-state index in [2.05, 4.69) is 0 Å². The third kappa shape index (κ3) is 5.80. The highest BCUT2D eigenvalue weighted by molar-refractivity contribution is 7.95. The van der Waals surface area contributed by atoms with Gasteiger partial charge in [-0.3, -0.25) is 4.79 Å². The highest BCUT2D eigenvalue weighted by Gasteiger charge is 2.27. The highest BCUT2D eigenvalue weighted by atomic mass is 32.2. The first kappa shape index (κ1) is 19.4. The molecule has 2 N–H and O–H groups in total. The maximum atomic E-state index is 12.8. The van der Waals surface area contributed by atoms with Gasteiger partial charge in [0.15, 0.2) is 0 Å². The number of carbonyl (C=O) groups is 1. The lowest BCUT2D eigenvalue weighted by atomic mass is 10.1. The summed E-state index contributed by atoms with van der Waals surface area (Å²) in [6, 6.07) is 6.38. The Bertz CT molecular complexity index is 657. The fourth-order valence-corrected chi connectivity index (χ4v) is 3.74. The number of sulfone groups is 1. The average molecular weight is 340 g/mol. The van der Waals surface area contributed by atoms with Crippen LogP contribution in [0.3, 0.4) is 0 Å². The molecule has 0 aliphatic rings. The molecule has 0 radical (unpaired) electrons. The lowest BCUT2D eigenvalue weighted by molar-refractivity contribution is -0.136. The maximum Gasteiger partial charge on any atom is 0.303 e. The van der Waals surface area contributed by atoms with Crippen molar-refractivity contribution in [2.24, 2.45) is 5.92 Å². The van der Waals surface area contributed by atoms with Gasteiger partial charge < -0.3 is 10.2 Å². The summed E-state index contributed by atoms with van der Waals surface area (Å²) in [5.74, 6) is -0.896. The molecule has 1 rings (SSSR count).